The van der Waals surface area contributed by atoms with Gasteiger partial charge in [0.2, 0.25) is 5.95 Å². The second-order valence-corrected chi connectivity index (χ2v) is 7.30. The Balaban J connectivity index is 0.00000160. The van der Waals surface area contributed by atoms with Crippen LogP contribution < -0.4 is 10.9 Å². The van der Waals surface area contributed by atoms with Gasteiger partial charge in [0, 0.05) is 25.3 Å². The number of para-hydroxylation sites is 1. The smallest absolute Gasteiger partial charge is 0.280 e. The molecule has 1 aromatic carbocycles. The SMILES string of the molecule is Cl.Cl.O=c1[nH]c(Nc2ccccc2)nc2c1ncn2CCCCN1CCC(O)CC1. The van der Waals surface area contributed by atoms with Crippen LogP contribution in [-0.4, -0.2) is 55.3 Å². The molecule has 3 aromatic rings. The van der Waals surface area contributed by atoms with E-state index in [1.54, 1.807) is 6.33 Å². The van der Waals surface area contributed by atoms with E-state index in [1.807, 2.05) is 34.9 Å². The lowest BCUT2D eigenvalue weighted by atomic mass is 10.1. The molecular weight excluding hydrogens is 427 g/mol. The van der Waals surface area contributed by atoms with E-state index in [-0.39, 0.29) is 36.5 Å². The molecule has 0 atom stereocenters. The largest absolute Gasteiger partial charge is 0.393 e. The zero-order valence-electron chi connectivity index (χ0n) is 16.7. The molecule has 30 heavy (non-hydrogen) atoms. The molecule has 0 bridgehead atoms. The highest BCUT2D eigenvalue weighted by Gasteiger charge is 2.16. The molecule has 1 aliphatic heterocycles. The number of unbranched alkanes of at least 4 members (excludes halogenated alkanes) is 1. The highest BCUT2D eigenvalue weighted by Crippen LogP contribution is 2.15. The normalized spacial score (nSPS) is 14.8. The number of halogens is 2. The predicted octanol–water partition coefficient (Wildman–Crippen LogP) is 2.94. The average Bonchev–Trinajstić information content (AvgIpc) is 3.11. The van der Waals surface area contributed by atoms with Crippen LogP contribution in [0.5, 0.6) is 0 Å². The van der Waals surface area contributed by atoms with Crippen molar-refractivity contribution in [2.75, 3.05) is 25.0 Å². The van der Waals surface area contributed by atoms with Crippen LogP contribution in [0, 0.1) is 0 Å². The third-order valence-corrected chi connectivity index (χ3v) is 5.19. The second kappa shape index (κ2) is 11.3. The van der Waals surface area contributed by atoms with Gasteiger partial charge in [-0.05, 0) is 44.4 Å². The molecule has 10 heteroatoms. The van der Waals surface area contributed by atoms with Gasteiger partial charge in [-0.15, -0.1) is 24.8 Å². The summed E-state index contributed by atoms with van der Waals surface area (Å²) in [6.45, 7) is 3.75. The molecule has 1 fully saturated rings. The molecule has 0 amide bonds. The molecule has 0 aliphatic carbocycles. The van der Waals surface area contributed by atoms with E-state index in [2.05, 4.69) is 25.2 Å². The molecule has 1 saturated heterocycles. The summed E-state index contributed by atoms with van der Waals surface area (Å²) in [5.74, 6) is 0.414. The molecule has 3 N–H and O–H groups in total. The maximum atomic E-state index is 12.3. The van der Waals surface area contributed by atoms with Gasteiger partial charge in [0.05, 0.1) is 12.4 Å². The Hall–Kier alpha value is -2.13. The van der Waals surface area contributed by atoms with Gasteiger partial charge < -0.3 is 19.9 Å². The Morgan fingerprint density at radius 1 is 1.10 bits per heavy atom. The van der Waals surface area contributed by atoms with Crippen LogP contribution in [0.15, 0.2) is 41.5 Å². The number of hydrogen-bond acceptors (Lipinski definition) is 6. The topological polar surface area (TPSA) is 99.1 Å². The zero-order chi connectivity index (χ0) is 19.3. The van der Waals surface area contributed by atoms with Crippen LogP contribution in [0.25, 0.3) is 11.2 Å². The van der Waals surface area contributed by atoms with Crippen molar-refractivity contribution < 1.29 is 5.11 Å². The lowest BCUT2D eigenvalue weighted by Gasteiger charge is -2.29. The minimum atomic E-state index is -0.242. The van der Waals surface area contributed by atoms with Crippen molar-refractivity contribution in [2.24, 2.45) is 0 Å². The van der Waals surface area contributed by atoms with Crippen molar-refractivity contribution in [3.05, 3.63) is 47.0 Å². The van der Waals surface area contributed by atoms with Gasteiger partial charge in [-0.1, -0.05) is 18.2 Å². The number of aliphatic hydroxyl groups is 1. The van der Waals surface area contributed by atoms with Crippen molar-refractivity contribution in [1.29, 1.82) is 0 Å². The van der Waals surface area contributed by atoms with Crippen molar-refractivity contribution in [1.82, 2.24) is 24.4 Å². The van der Waals surface area contributed by atoms with Gasteiger partial charge >= 0.3 is 0 Å². The first-order valence-corrected chi connectivity index (χ1v) is 9.87. The van der Waals surface area contributed by atoms with Gasteiger partial charge in [-0.2, -0.15) is 4.98 Å². The monoisotopic (exact) mass is 454 g/mol. The van der Waals surface area contributed by atoms with Crippen LogP contribution in [0.4, 0.5) is 11.6 Å². The average molecular weight is 455 g/mol. The lowest BCUT2D eigenvalue weighted by molar-refractivity contribution is 0.0817. The van der Waals surface area contributed by atoms with E-state index in [0.717, 1.165) is 57.5 Å². The minimum absolute atomic E-state index is 0. The summed E-state index contributed by atoms with van der Waals surface area (Å²) < 4.78 is 1.95. The van der Waals surface area contributed by atoms with Gasteiger partial charge in [-0.3, -0.25) is 9.78 Å². The fourth-order valence-electron chi connectivity index (χ4n) is 3.60. The molecule has 164 valence electrons. The fourth-order valence-corrected chi connectivity index (χ4v) is 3.60. The maximum absolute atomic E-state index is 12.3. The Labute approximate surface area is 187 Å². The summed E-state index contributed by atoms with van der Waals surface area (Å²) in [6.07, 6.45) is 5.35. The zero-order valence-corrected chi connectivity index (χ0v) is 18.3. The molecular formula is C20H28Cl2N6O2. The second-order valence-electron chi connectivity index (χ2n) is 7.30. The highest BCUT2D eigenvalue weighted by molar-refractivity contribution is 5.85. The molecule has 0 spiro atoms. The number of anilines is 2. The van der Waals surface area contributed by atoms with Crippen LogP contribution in [0.3, 0.4) is 0 Å². The third-order valence-electron chi connectivity index (χ3n) is 5.19. The van der Waals surface area contributed by atoms with E-state index in [0.29, 0.717) is 17.1 Å². The van der Waals surface area contributed by atoms with Crippen LogP contribution in [0.2, 0.25) is 0 Å². The third kappa shape index (κ3) is 5.95. The molecule has 2 aromatic heterocycles. The summed E-state index contributed by atoms with van der Waals surface area (Å²) in [7, 11) is 0. The number of nitrogens with one attached hydrogen (secondary N) is 2. The Kier molecular flexibility index (Phi) is 9.10. The number of piperidine rings is 1. The number of H-pyrrole nitrogens is 1. The predicted molar refractivity (Wildman–Crippen MR) is 123 cm³/mol. The first-order valence-electron chi connectivity index (χ1n) is 9.87. The number of hydrogen-bond donors (Lipinski definition) is 3. The number of likely N-dealkylation sites (tertiary alicyclic amines) is 1. The molecule has 4 rings (SSSR count). The number of aromatic nitrogens is 4. The standard InChI is InChI=1S/C20H26N6O2.2ClH/c27-16-8-12-25(13-9-16)10-4-5-11-26-14-21-17-18(26)23-20(24-19(17)28)22-15-6-2-1-3-7-15;;/h1-3,6-7,14,16,27H,4-5,8-13H2,(H2,22,23,24,28);2*1H. The van der Waals surface area contributed by atoms with Crippen LogP contribution in [0.1, 0.15) is 25.7 Å². The van der Waals surface area contributed by atoms with E-state index < -0.39 is 0 Å². The Morgan fingerprint density at radius 3 is 2.53 bits per heavy atom. The highest BCUT2D eigenvalue weighted by atomic mass is 35.5. The van der Waals surface area contributed by atoms with E-state index in [9.17, 15) is 9.90 Å². The van der Waals surface area contributed by atoms with Crippen molar-refractivity contribution in [2.45, 2.75) is 38.3 Å². The molecule has 0 radical (unpaired) electrons. The summed E-state index contributed by atoms with van der Waals surface area (Å²) in [5.41, 5.74) is 1.59. The summed E-state index contributed by atoms with van der Waals surface area (Å²) in [6, 6.07) is 9.62. The number of aromatic amines is 1. The number of aryl methyl sites for hydroxylation is 1. The van der Waals surface area contributed by atoms with Crippen molar-refractivity contribution >= 4 is 47.6 Å². The van der Waals surface area contributed by atoms with E-state index in [1.165, 1.54) is 0 Å². The quantitative estimate of drug-likeness (QED) is 0.474. The number of nitrogens with zero attached hydrogens (tertiary/aromatic N) is 4. The maximum Gasteiger partial charge on any atom is 0.280 e. The molecule has 0 saturated carbocycles. The summed E-state index contributed by atoms with van der Waals surface area (Å²) in [4.78, 5) is 26.3. The van der Waals surface area contributed by atoms with Gasteiger partial charge in [0.15, 0.2) is 11.2 Å². The minimum Gasteiger partial charge on any atom is -0.393 e. The first kappa shape index (κ1) is 24.1. The lowest BCUT2D eigenvalue weighted by Crippen LogP contribution is -2.36. The number of fused-ring (bicyclic) bond motifs is 1. The molecule has 0 unspecified atom stereocenters. The molecule has 8 nitrogen and oxygen atoms in total. The molecule has 3 heterocycles. The first-order chi connectivity index (χ1) is 13.7. The Morgan fingerprint density at radius 2 is 1.80 bits per heavy atom. The summed E-state index contributed by atoms with van der Waals surface area (Å²) >= 11 is 0. The number of aliphatic hydroxyl groups excluding tert-OH is 1. The Bertz CT molecular complexity index is 970. The summed E-state index contributed by atoms with van der Waals surface area (Å²) in [5, 5.41) is 12.7. The van der Waals surface area contributed by atoms with Crippen LogP contribution in [-0.2, 0) is 6.54 Å². The number of imidazole rings is 1. The number of rotatable bonds is 7. The van der Waals surface area contributed by atoms with E-state index in [4.69, 9.17) is 0 Å². The van der Waals surface area contributed by atoms with Crippen molar-refractivity contribution in [3.63, 3.8) is 0 Å². The van der Waals surface area contributed by atoms with Gasteiger partial charge in [0.25, 0.3) is 5.56 Å². The van der Waals surface area contributed by atoms with Gasteiger partial charge in [0.1, 0.15) is 0 Å². The fraction of sp³-hybridized carbons (Fsp3) is 0.450. The van der Waals surface area contributed by atoms with E-state index >= 15 is 0 Å². The van der Waals surface area contributed by atoms with Crippen molar-refractivity contribution in [3.8, 4) is 0 Å². The molecule has 1 aliphatic rings. The van der Waals surface area contributed by atoms with Crippen LogP contribution >= 0.6 is 24.8 Å². The number of benzene rings is 1. The van der Waals surface area contributed by atoms with Gasteiger partial charge in [-0.25, -0.2) is 4.98 Å².